The highest BCUT2D eigenvalue weighted by molar-refractivity contribution is 7.92. The zero-order chi connectivity index (χ0) is 11.6. The van der Waals surface area contributed by atoms with Crippen molar-refractivity contribution in [2.45, 2.75) is 12.4 Å². The second-order valence-corrected chi connectivity index (χ2v) is 4.32. The van der Waals surface area contributed by atoms with Gasteiger partial charge in [0.1, 0.15) is 0 Å². The number of carbonyl (C=O) groups is 1. The van der Waals surface area contributed by atoms with E-state index in [1.54, 1.807) is 0 Å². The van der Waals surface area contributed by atoms with Crippen molar-refractivity contribution in [1.29, 1.82) is 0 Å². The van der Waals surface area contributed by atoms with Crippen LogP contribution in [0.4, 0.5) is 13.2 Å². The van der Waals surface area contributed by atoms with Crippen molar-refractivity contribution in [2.24, 2.45) is 0 Å². The summed E-state index contributed by atoms with van der Waals surface area (Å²) in [6.07, 6.45) is 0. The number of hydrogen-bond donors (Lipinski definition) is 0. The second-order valence-electron chi connectivity index (χ2n) is 2.39. The standard InChI is InChI=1S/C6H7F3O4S/c1-4(2)5(10)13-3-14(11,12)6(7,8)9/h1,3H2,2H3. The lowest BCUT2D eigenvalue weighted by Gasteiger charge is -2.08. The molecule has 14 heavy (non-hydrogen) atoms. The topological polar surface area (TPSA) is 60.4 Å². The molecule has 0 aliphatic carbocycles. The first kappa shape index (κ1) is 12.9. The zero-order valence-electron chi connectivity index (χ0n) is 7.09. The number of esters is 1. The summed E-state index contributed by atoms with van der Waals surface area (Å²) in [5.41, 5.74) is -5.59. The van der Waals surface area contributed by atoms with Crippen LogP contribution in [0.1, 0.15) is 6.92 Å². The normalized spacial score (nSPS) is 12.3. The van der Waals surface area contributed by atoms with E-state index in [0.29, 0.717) is 0 Å². The maximum atomic E-state index is 11.7. The highest BCUT2D eigenvalue weighted by Gasteiger charge is 2.46. The summed E-state index contributed by atoms with van der Waals surface area (Å²) in [6.45, 7) is 4.25. The van der Waals surface area contributed by atoms with Crippen LogP contribution in [0.25, 0.3) is 0 Å². The Kier molecular flexibility index (Phi) is 3.69. The van der Waals surface area contributed by atoms with Crippen LogP contribution in [-0.2, 0) is 19.4 Å². The van der Waals surface area contributed by atoms with E-state index in [2.05, 4.69) is 11.3 Å². The van der Waals surface area contributed by atoms with Crippen molar-refractivity contribution in [3.63, 3.8) is 0 Å². The van der Waals surface area contributed by atoms with Gasteiger partial charge in [-0.3, -0.25) is 0 Å². The first-order chi connectivity index (χ1) is 6.08. The monoisotopic (exact) mass is 232 g/mol. The third-order valence-corrected chi connectivity index (χ3v) is 2.18. The van der Waals surface area contributed by atoms with Crippen LogP contribution in [0.5, 0.6) is 0 Å². The second kappa shape index (κ2) is 3.99. The Bertz CT molecular complexity index is 341. The fourth-order valence-electron chi connectivity index (χ4n) is 0.321. The molecule has 0 rings (SSSR count). The predicted molar refractivity (Wildman–Crippen MR) is 40.7 cm³/mol. The fourth-order valence-corrected chi connectivity index (χ4v) is 0.717. The molecule has 0 aromatic rings. The maximum absolute atomic E-state index is 11.7. The molecule has 0 spiro atoms. The molecular weight excluding hydrogens is 225 g/mol. The Morgan fingerprint density at radius 2 is 1.86 bits per heavy atom. The van der Waals surface area contributed by atoms with Crippen LogP contribution in [0.3, 0.4) is 0 Å². The van der Waals surface area contributed by atoms with Gasteiger partial charge in [-0.15, -0.1) is 0 Å². The number of sulfone groups is 1. The Morgan fingerprint density at radius 3 is 2.14 bits per heavy atom. The molecule has 0 aliphatic rings. The highest BCUT2D eigenvalue weighted by Crippen LogP contribution is 2.23. The van der Waals surface area contributed by atoms with E-state index in [1.807, 2.05) is 0 Å². The van der Waals surface area contributed by atoms with Gasteiger partial charge in [-0.1, -0.05) is 6.58 Å². The minimum absolute atomic E-state index is 0.178. The summed E-state index contributed by atoms with van der Waals surface area (Å²) < 4.78 is 59.6. The molecule has 4 nitrogen and oxygen atoms in total. The lowest BCUT2D eigenvalue weighted by atomic mass is 10.4. The smallest absolute Gasteiger partial charge is 0.446 e. The van der Waals surface area contributed by atoms with Gasteiger partial charge < -0.3 is 4.74 Å². The van der Waals surface area contributed by atoms with Gasteiger partial charge in [0.2, 0.25) is 5.94 Å². The van der Waals surface area contributed by atoms with Gasteiger partial charge in [0, 0.05) is 5.57 Å². The van der Waals surface area contributed by atoms with Crippen molar-refractivity contribution in [1.82, 2.24) is 0 Å². The molecule has 0 aromatic carbocycles. The molecule has 0 saturated heterocycles. The third-order valence-electron chi connectivity index (χ3n) is 1.05. The molecule has 0 saturated carbocycles. The van der Waals surface area contributed by atoms with Crippen molar-refractivity contribution < 1.29 is 31.1 Å². The van der Waals surface area contributed by atoms with E-state index in [4.69, 9.17) is 0 Å². The first-order valence-corrected chi connectivity index (χ1v) is 4.85. The Balaban J connectivity index is 4.44. The van der Waals surface area contributed by atoms with E-state index < -0.39 is 27.3 Å². The van der Waals surface area contributed by atoms with Gasteiger partial charge >= 0.3 is 11.5 Å². The first-order valence-electron chi connectivity index (χ1n) is 3.19. The number of ether oxygens (including phenoxy) is 1. The fraction of sp³-hybridized carbons (Fsp3) is 0.500. The van der Waals surface area contributed by atoms with Gasteiger partial charge in [0.15, 0.2) is 0 Å². The number of halogens is 3. The quantitative estimate of drug-likeness (QED) is 0.538. The van der Waals surface area contributed by atoms with Gasteiger partial charge in [0.05, 0.1) is 0 Å². The van der Waals surface area contributed by atoms with E-state index in [-0.39, 0.29) is 5.57 Å². The number of alkyl halides is 3. The molecule has 0 bridgehead atoms. The summed E-state index contributed by atoms with van der Waals surface area (Å²) >= 11 is 0. The molecule has 0 fully saturated rings. The average Bonchev–Trinajstić information content (AvgIpc) is 1.97. The van der Waals surface area contributed by atoms with Crippen molar-refractivity contribution in [2.75, 3.05) is 5.94 Å². The summed E-state index contributed by atoms with van der Waals surface area (Å²) in [5.74, 6) is -2.90. The molecule has 0 atom stereocenters. The Labute approximate surface area is 78.3 Å². The molecule has 0 N–H and O–H groups in total. The number of carbonyl (C=O) groups excluding carboxylic acids is 1. The molecule has 0 unspecified atom stereocenters. The van der Waals surface area contributed by atoms with E-state index >= 15 is 0 Å². The summed E-state index contributed by atoms with van der Waals surface area (Å²) in [7, 11) is -5.41. The Hall–Kier alpha value is -1.05. The van der Waals surface area contributed by atoms with Crippen LogP contribution >= 0.6 is 0 Å². The van der Waals surface area contributed by atoms with Crippen LogP contribution in [0.15, 0.2) is 12.2 Å². The molecule has 0 aliphatic heterocycles. The summed E-state index contributed by atoms with van der Waals surface area (Å²) in [4.78, 5) is 10.6. The van der Waals surface area contributed by atoms with Crippen molar-refractivity contribution in [3.8, 4) is 0 Å². The molecule has 0 heterocycles. The number of hydrogen-bond acceptors (Lipinski definition) is 4. The molecule has 0 amide bonds. The Morgan fingerprint density at radius 1 is 1.43 bits per heavy atom. The lowest BCUT2D eigenvalue weighted by molar-refractivity contribution is -0.137. The highest BCUT2D eigenvalue weighted by atomic mass is 32.2. The molecule has 0 aromatic heterocycles. The molecule has 8 heteroatoms. The minimum Gasteiger partial charge on any atom is -0.446 e. The van der Waals surface area contributed by atoms with Gasteiger partial charge in [-0.2, -0.15) is 13.2 Å². The maximum Gasteiger partial charge on any atom is 0.500 e. The van der Waals surface area contributed by atoms with E-state index in [0.717, 1.165) is 0 Å². The molecule has 82 valence electrons. The minimum atomic E-state index is -5.41. The third kappa shape index (κ3) is 3.36. The SMILES string of the molecule is C=C(C)C(=O)OCS(=O)(=O)C(F)(F)F. The van der Waals surface area contributed by atoms with Gasteiger partial charge in [-0.05, 0) is 6.92 Å². The van der Waals surface area contributed by atoms with E-state index in [1.165, 1.54) is 6.92 Å². The lowest BCUT2D eigenvalue weighted by Crippen LogP contribution is -2.28. The molecule has 0 radical (unpaired) electrons. The van der Waals surface area contributed by atoms with Crippen molar-refractivity contribution in [3.05, 3.63) is 12.2 Å². The van der Waals surface area contributed by atoms with Gasteiger partial charge in [0.25, 0.3) is 9.84 Å². The van der Waals surface area contributed by atoms with Gasteiger partial charge in [-0.25, -0.2) is 13.2 Å². The van der Waals surface area contributed by atoms with Crippen molar-refractivity contribution >= 4 is 15.8 Å². The van der Waals surface area contributed by atoms with Crippen LogP contribution in [-0.4, -0.2) is 25.8 Å². The summed E-state index contributed by atoms with van der Waals surface area (Å²) in [6, 6.07) is 0. The van der Waals surface area contributed by atoms with Crippen LogP contribution in [0.2, 0.25) is 0 Å². The zero-order valence-corrected chi connectivity index (χ0v) is 7.91. The van der Waals surface area contributed by atoms with E-state index in [9.17, 15) is 26.4 Å². The van der Waals surface area contributed by atoms with Crippen LogP contribution < -0.4 is 0 Å². The number of rotatable bonds is 3. The predicted octanol–water partition coefficient (Wildman–Crippen LogP) is 0.998. The largest absolute Gasteiger partial charge is 0.500 e. The van der Waals surface area contributed by atoms with Crippen LogP contribution in [0, 0.1) is 0 Å². The summed E-state index contributed by atoms with van der Waals surface area (Å²) in [5, 5.41) is 0. The molecular formula is C6H7F3O4S. The average molecular weight is 232 g/mol.